The fraction of sp³-hybridized carbons (Fsp3) is 0.214. The Balaban J connectivity index is 1.88. The van der Waals surface area contributed by atoms with E-state index in [0.29, 0.717) is 24.2 Å². The maximum absolute atomic E-state index is 13.1. The van der Waals surface area contributed by atoms with Crippen molar-refractivity contribution in [3.63, 3.8) is 0 Å². The number of carbonyl (C=O) groups excluding carboxylic acids is 1. The smallest absolute Gasteiger partial charge is 0.356 e. The second-order valence-electron chi connectivity index (χ2n) is 4.52. The van der Waals surface area contributed by atoms with Gasteiger partial charge in [0.1, 0.15) is 5.82 Å². The molecule has 7 heteroatoms. The second kappa shape index (κ2) is 6.17. The molecule has 2 N–H and O–H groups in total. The Kier molecular flexibility index (Phi) is 4.32. The quantitative estimate of drug-likeness (QED) is 0.873. The van der Waals surface area contributed by atoms with Gasteiger partial charge < -0.3 is 15.0 Å². The molecular weight excluding hydrogens is 277 g/mol. The van der Waals surface area contributed by atoms with Gasteiger partial charge in [-0.25, -0.2) is 14.2 Å². The summed E-state index contributed by atoms with van der Waals surface area (Å²) in [6.45, 7) is 2.29. The van der Waals surface area contributed by atoms with E-state index in [2.05, 4.69) is 10.3 Å². The van der Waals surface area contributed by atoms with Crippen LogP contribution in [0.5, 0.6) is 0 Å². The molecule has 2 rings (SSSR count). The van der Waals surface area contributed by atoms with Crippen LogP contribution in [0, 0.1) is 12.7 Å². The van der Waals surface area contributed by atoms with Crippen LogP contribution in [0.25, 0.3) is 0 Å². The maximum atomic E-state index is 13.1. The van der Waals surface area contributed by atoms with Crippen LogP contribution in [0.1, 0.15) is 26.4 Å². The number of hydrogen-bond donors (Lipinski definition) is 2. The van der Waals surface area contributed by atoms with Crippen molar-refractivity contribution < 1.29 is 19.1 Å². The predicted molar refractivity (Wildman–Crippen MR) is 72.7 cm³/mol. The van der Waals surface area contributed by atoms with E-state index in [4.69, 9.17) is 5.11 Å². The van der Waals surface area contributed by atoms with E-state index in [9.17, 15) is 14.0 Å². The van der Waals surface area contributed by atoms with Crippen molar-refractivity contribution in [2.75, 3.05) is 6.54 Å². The number of carboxylic acids is 1. The number of aryl methyl sites for hydroxylation is 1. The number of carboxylic acid groups (broad SMARTS) is 1. The molecule has 0 saturated heterocycles. The van der Waals surface area contributed by atoms with Crippen LogP contribution < -0.4 is 5.32 Å². The molecular formula is C14H14FN3O3. The van der Waals surface area contributed by atoms with Crippen LogP contribution in [0.3, 0.4) is 0 Å². The Morgan fingerprint density at radius 3 is 2.81 bits per heavy atom. The predicted octanol–water partition coefficient (Wildman–Crippen LogP) is 1.46. The zero-order valence-corrected chi connectivity index (χ0v) is 11.3. The van der Waals surface area contributed by atoms with Crippen molar-refractivity contribution in [3.8, 4) is 0 Å². The Labute approximate surface area is 120 Å². The molecule has 0 unspecified atom stereocenters. The first-order valence-corrected chi connectivity index (χ1v) is 6.27. The molecule has 6 nitrogen and oxygen atoms in total. The zero-order valence-electron chi connectivity index (χ0n) is 11.3. The molecule has 1 heterocycles. The van der Waals surface area contributed by atoms with Gasteiger partial charge in [-0.2, -0.15) is 0 Å². The third-order valence-electron chi connectivity index (χ3n) is 2.93. The lowest BCUT2D eigenvalue weighted by molar-refractivity contribution is 0.0690. The molecule has 0 saturated carbocycles. The fourth-order valence-corrected chi connectivity index (χ4v) is 1.78. The monoisotopic (exact) mass is 291 g/mol. The van der Waals surface area contributed by atoms with Gasteiger partial charge >= 0.3 is 5.97 Å². The Morgan fingerprint density at radius 1 is 1.43 bits per heavy atom. The molecule has 0 atom stereocenters. The number of imidazole rings is 1. The van der Waals surface area contributed by atoms with E-state index >= 15 is 0 Å². The molecule has 2 aromatic rings. The van der Waals surface area contributed by atoms with E-state index in [-0.39, 0.29) is 17.4 Å². The largest absolute Gasteiger partial charge is 0.476 e. The van der Waals surface area contributed by atoms with E-state index in [0.717, 1.165) is 0 Å². The van der Waals surface area contributed by atoms with Crippen molar-refractivity contribution in [1.82, 2.24) is 14.9 Å². The van der Waals surface area contributed by atoms with Crippen LogP contribution in [0.4, 0.5) is 4.39 Å². The topological polar surface area (TPSA) is 84.2 Å². The molecule has 0 bridgehead atoms. The minimum Gasteiger partial charge on any atom is -0.476 e. The Morgan fingerprint density at radius 2 is 2.19 bits per heavy atom. The molecule has 1 amide bonds. The highest BCUT2D eigenvalue weighted by Gasteiger charge is 2.08. The van der Waals surface area contributed by atoms with Gasteiger partial charge in [0, 0.05) is 24.8 Å². The van der Waals surface area contributed by atoms with Gasteiger partial charge in [0.05, 0.1) is 6.33 Å². The molecule has 1 aromatic heterocycles. The minimum atomic E-state index is -1.10. The van der Waals surface area contributed by atoms with Gasteiger partial charge in [-0.15, -0.1) is 0 Å². The highest BCUT2D eigenvalue weighted by Crippen LogP contribution is 2.09. The summed E-state index contributed by atoms with van der Waals surface area (Å²) in [5, 5.41) is 11.4. The number of hydrogen-bond acceptors (Lipinski definition) is 3. The summed E-state index contributed by atoms with van der Waals surface area (Å²) in [6.07, 6.45) is 2.77. The first-order valence-electron chi connectivity index (χ1n) is 6.27. The SMILES string of the molecule is Cc1cc(C(=O)NCCn2cnc(C(=O)O)c2)ccc1F. The van der Waals surface area contributed by atoms with E-state index < -0.39 is 5.97 Å². The number of aromatic carboxylic acids is 1. The van der Waals surface area contributed by atoms with Gasteiger partial charge in [0.25, 0.3) is 5.91 Å². The summed E-state index contributed by atoms with van der Waals surface area (Å²) < 4.78 is 14.7. The molecule has 110 valence electrons. The number of nitrogens with zero attached hydrogens (tertiary/aromatic N) is 2. The van der Waals surface area contributed by atoms with Crippen LogP contribution in [0.2, 0.25) is 0 Å². The maximum Gasteiger partial charge on any atom is 0.356 e. The summed E-state index contributed by atoms with van der Waals surface area (Å²) >= 11 is 0. The summed E-state index contributed by atoms with van der Waals surface area (Å²) in [4.78, 5) is 26.2. The molecule has 0 fully saturated rings. The molecule has 0 aliphatic heterocycles. The average Bonchev–Trinajstić information content (AvgIpc) is 2.91. The number of rotatable bonds is 5. The number of nitrogens with one attached hydrogen (secondary N) is 1. The van der Waals surface area contributed by atoms with Crippen molar-refractivity contribution in [1.29, 1.82) is 0 Å². The molecule has 1 aromatic carbocycles. The molecule has 0 spiro atoms. The Hall–Kier alpha value is -2.70. The molecule has 0 aliphatic rings. The number of aromatic nitrogens is 2. The number of carbonyl (C=O) groups is 2. The van der Waals surface area contributed by atoms with Crippen LogP contribution in [-0.4, -0.2) is 33.1 Å². The van der Waals surface area contributed by atoms with Crippen LogP contribution >= 0.6 is 0 Å². The molecule has 21 heavy (non-hydrogen) atoms. The van der Waals surface area contributed by atoms with Crippen LogP contribution in [0.15, 0.2) is 30.7 Å². The zero-order chi connectivity index (χ0) is 15.4. The highest BCUT2D eigenvalue weighted by atomic mass is 19.1. The van der Waals surface area contributed by atoms with E-state index in [1.165, 1.54) is 30.7 Å². The lowest BCUT2D eigenvalue weighted by Crippen LogP contribution is -2.27. The lowest BCUT2D eigenvalue weighted by Gasteiger charge is -2.06. The standard InChI is InChI=1S/C14H14FN3O3/c1-9-6-10(2-3-11(9)15)13(19)16-4-5-18-7-12(14(20)21)17-8-18/h2-3,6-8H,4-5H2,1H3,(H,16,19)(H,20,21). The van der Waals surface area contributed by atoms with Crippen LogP contribution in [-0.2, 0) is 6.54 Å². The van der Waals surface area contributed by atoms with Gasteiger partial charge in [0.15, 0.2) is 5.69 Å². The van der Waals surface area contributed by atoms with Crippen molar-refractivity contribution in [2.24, 2.45) is 0 Å². The van der Waals surface area contributed by atoms with Crippen molar-refractivity contribution >= 4 is 11.9 Å². The Bertz CT molecular complexity index is 682. The first-order chi connectivity index (χ1) is 9.97. The lowest BCUT2D eigenvalue weighted by atomic mass is 10.1. The van der Waals surface area contributed by atoms with Crippen molar-refractivity contribution in [2.45, 2.75) is 13.5 Å². The highest BCUT2D eigenvalue weighted by molar-refractivity contribution is 5.94. The van der Waals surface area contributed by atoms with Gasteiger partial charge in [-0.1, -0.05) is 0 Å². The number of amides is 1. The van der Waals surface area contributed by atoms with Gasteiger partial charge in [-0.3, -0.25) is 4.79 Å². The van der Waals surface area contributed by atoms with Crippen molar-refractivity contribution in [3.05, 3.63) is 53.4 Å². The van der Waals surface area contributed by atoms with E-state index in [1.807, 2.05) is 0 Å². The minimum absolute atomic E-state index is 0.0458. The molecule has 0 aliphatic carbocycles. The number of halogens is 1. The second-order valence-corrected chi connectivity index (χ2v) is 4.52. The summed E-state index contributed by atoms with van der Waals surface area (Å²) in [5.41, 5.74) is 0.740. The summed E-state index contributed by atoms with van der Waals surface area (Å²) in [6, 6.07) is 4.14. The average molecular weight is 291 g/mol. The molecule has 0 radical (unpaired) electrons. The van der Waals surface area contributed by atoms with Gasteiger partial charge in [0.2, 0.25) is 0 Å². The van der Waals surface area contributed by atoms with Gasteiger partial charge in [-0.05, 0) is 30.7 Å². The fourth-order valence-electron chi connectivity index (χ4n) is 1.78. The first kappa shape index (κ1) is 14.7. The normalized spacial score (nSPS) is 10.4. The third kappa shape index (κ3) is 3.65. The summed E-state index contributed by atoms with van der Waals surface area (Å²) in [5.74, 6) is -1.76. The number of benzene rings is 1. The summed E-state index contributed by atoms with van der Waals surface area (Å²) in [7, 11) is 0. The third-order valence-corrected chi connectivity index (χ3v) is 2.93. The van der Waals surface area contributed by atoms with E-state index in [1.54, 1.807) is 11.5 Å².